The molecule has 2 rings (SSSR count). The largest absolute Gasteiger partial charge is 0.484 e. The van der Waals surface area contributed by atoms with Crippen LogP contribution in [0.3, 0.4) is 0 Å². The summed E-state index contributed by atoms with van der Waals surface area (Å²) in [6.07, 6.45) is -6.39. The molecule has 1 heterocycles. The normalized spacial score (nSPS) is 17.2. The molecule has 0 radical (unpaired) electrons. The molecule has 0 saturated carbocycles. The standard InChI is InChI=1S/C17H20F6N2O3.ClH/c18-16(19,20)9-27-13-5-11(6-14(7-13)28-10-17(21,22)23)15(26)25-8-12-3-1-2-4-24-12;/h5-7,12,24H,1-4,8-10H2,(H,25,26);1H. The fraction of sp³-hybridized carbons (Fsp3) is 0.588. The maximum atomic E-state index is 12.3. The van der Waals surface area contributed by atoms with Crippen molar-refractivity contribution in [2.75, 3.05) is 26.3 Å². The molecule has 1 aromatic carbocycles. The minimum Gasteiger partial charge on any atom is -0.484 e. The van der Waals surface area contributed by atoms with Crippen LogP contribution in [0.2, 0.25) is 0 Å². The molecule has 166 valence electrons. The van der Waals surface area contributed by atoms with E-state index in [1.54, 1.807) is 0 Å². The molecule has 1 saturated heterocycles. The minimum atomic E-state index is -4.64. The van der Waals surface area contributed by atoms with E-state index in [1.165, 1.54) is 0 Å². The zero-order chi connectivity index (χ0) is 20.8. The van der Waals surface area contributed by atoms with E-state index in [4.69, 9.17) is 0 Å². The highest BCUT2D eigenvalue weighted by molar-refractivity contribution is 5.95. The number of amides is 1. The first-order valence-electron chi connectivity index (χ1n) is 8.58. The summed E-state index contributed by atoms with van der Waals surface area (Å²) >= 11 is 0. The number of ether oxygens (including phenoxy) is 2. The lowest BCUT2D eigenvalue weighted by molar-refractivity contribution is -0.153. The number of carbonyl (C=O) groups excluding carboxylic acids is 1. The van der Waals surface area contributed by atoms with Crippen molar-refractivity contribution in [2.45, 2.75) is 37.7 Å². The molecule has 1 atom stereocenters. The third-order valence-corrected chi connectivity index (χ3v) is 3.87. The van der Waals surface area contributed by atoms with Gasteiger partial charge in [0.1, 0.15) is 11.5 Å². The average molecular weight is 451 g/mol. The second-order valence-corrected chi connectivity index (χ2v) is 6.36. The fourth-order valence-electron chi connectivity index (χ4n) is 2.62. The Morgan fingerprint density at radius 3 is 2.00 bits per heavy atom. The van der Waals surface area contributed by atoms with Gasteiger partial charge >= 0.3 is 12.4 Å². The number of alkyl halides is 6. The highest BCUT2D eigenvalue weighted by atomic mass is 35.5. The predicted octanol–water partition coefficient (Wildman–Crippen LogP) is 3.86. The molecule has 1 unspecified atom stereocenters. The van der Waals surface area contributed by atoms with Gasteiger partial charge < -0.3 is 20.1 Å². The zero-order valence-corrected chi connectivity index (χ0v) is 16.0. The molecule has 0 aliphatic carbocycles. The molecule has 0 spiro atoms. The minimum absolute atomic E-state index is 0. The molecule has 0 bridgehead atoms. The summed E-state index contributed by atoms with van der Waals surface area (Å²) in [4.78, 5) is 12.3. The van der Waals surface area contributed by atoms with Crippen LogP contribution in [0, 0.1) is 0 Å². The zero-order valence-electron chi connectivity index (χ0n) is 15.2. The number of halogens is 7. The van der Waals surface area contributed by atoms with Crippen LogP contribution in [-0.2, 0) is 0 Å². The topological polar surface area (TPSA) is 59.6 Å². The predicted molar refractivity (Wildman–Crippen MR) is 94.8 cm³/mol. The smallest absolute Gasteiger partial charge is 0.422 e. The van der Waals surface area contributed by atoms with E-state index >= 15 is 0 Å². The Morgan fingerprint density at radius 2 is 1.55 bits per heavy atom. The fourth-order valence-corrected chi connectivity index (χ4v) is 2.62. The van der Waals surface area contributed by atoms with E-state index in [-0.39, 0.29) is 30.6 Å². The van der Waals surface area contributed by atoms with Crippen molar-refractivity contribution in [2.24, 2.45) is 0 Å². The monoisotopic (exact) mass is 450 g/mol. The molecule has 5 nitrogen and oxygen atoms in total. The number of nitrogens with one attached hydrogen (secondary N) is 2. The molecule has 0 aromatic heterocycles. The van der Waals surface area contributed by atoms with E-state index in [0.29, 0.717) is 0 Å². The van der Waals surface area contributed by atoms with Crippen molar-refractivity contribution >= 4 is 18.3 Å². The number of hydrogen-bond acceptors (Lipinski definition) is 4. The molecule has 2 N–H and O–H groups in total. The van der Waals surface area contributed by atoms with Gasteiger partial charge in [0.05, 0.1) is 0 Å². The Morgan fingerprint density at radius 1 is 1.00 bits per heavy atom. The average Bonchev–Trinajstić information content (AvgIpc) is 2.62. The number of carbonyl (C=O) groups is 1. The highest BCUT2D eigenvalue weighted by Gasteiger charge is 2.30. The first kappa shape index (κ1) is 25.2. The van der Waals surface area contributed by atoms with Gasteiger partial charge in [-0.3, -0.25) is 4.79 Å². The Hall–Kier alpha value is -1.88. The van der Waals surface area contributed by atoms with Crippen LogP contribution in [0.25, 0.3) is 0 Å². The Bertz CT molecular complexity index is 627. The van der Waals surface area contributed by atoms with Gasteiger partial charge in [-0.2, -0.15) is 26.3 Å². The summed E-state index contributed by atoms with van der Waals surface area (Å²) in [6, 6.07) is 2.98. The molecule has 12 heteroatoms. The maximum absolute atomic E-state index is 12.3. The van der Waals surface area contributed by atoms with Gasteiger partial charge in [0.25, 0.3) is 5.91 Å². The van der Waals surface area contributed by atoms with Crippen LogP contribution < -0.4 is 20.1 Å². The van der Waals surface area contributed by atoms with Crippen molar-refractivity contribution in [3.63, 3.8) is 0 Å². The third-order valence-electron chi connectivity index (χ3n) is 3.87. The second kappa shape index (κ2) is 10.8. The van der Waals surface area contributed by atoms with Crippen LogP contribution in [-0.4, -0.2) is 50.6 Å². The number of rotatable bonds is 7. The van der Waals surface area contributed by atoms with E-state index < -0.39 is 43.0 Å². The lowest BCUT2D eigenvalue weighted by Gasteiger charge is -2.23. The van der Waals surface area contributed by atoms with Gasteiger partial charge in [0.2, 0.25) is 0 Å². The van der Waals surface area contributed by atoms with Crippen molar-refractivity contribution in [3.05, 3.63) is 23.8 Å². The molecule has 1 fully saturated rings. The van der Waals surface area contributed by atoms with Crippen molar-refractivity contribution in [1.29, 1.82) is 0 Å². The van der Waals surface area contributed by atoms with E-state index in [0.717, 1.165) is 44.0 Å². The Kier molecular flexibility index (Phi) is 9.34. The number of hydrogen-bond donors (Lipinski definition) is 2. The molecule has 1 amide bonds. The molecule has 1 aliphatic heterocycles. The van der Waals surface area contributed by atoms with Crippen LogP contribution in [0.4, 0.5) is 26.3 Å². The van der Waals surface area contributed by atoms with Crippen LogP contribution in [0.15, 0.2) is 18.2 Å². The van der Waals surface area contributed by atoms with Crippen LogP contribution >= 0.6 is 12.4 Å². The van der Waals surface area contributed by atoms with E-state index in [1.807, 2.05) is 0 Å². The highest BCUT2D eigenvalue weighted by Crippen LogP contribution is 2.27. The van der Waals surface area contributed by atoms with Crippen molar-refractivity contribution in [3.8, 4) is 11.5 Å². The summed E-state index contributed by atoms with van der Waals surface area (Å²) in [7, 11) is 0. The molecule has 1 aromatic rings. The molecule has 29 heavy (non-hydrogen) atoms. The van der Waals surface area contributed by atoms with Gasteiger partial charge in [0.15, 0.2) is 13.2 Å². The van der Waals surface area contributed by atoms with Gasteiger partial charge in [-0.1, -0.05) is 6.42 Å². The van der Waals surface area contributed by atoms with E-state index in [9.17, 15) is 31.1 Å². The summed E-state index contributed by atoms with van der Waals surface area (Å²) in [5.41, 5.74) is -0.160. The van der Waals surface area contributed by atoms with E-state index in [2.05, 4.69) is 20.1 Å². The first-order valence-corrected chi connectivity index (χ1v) is 8.58. The maximum Gasteiger partial charge on any atom is 0.422 e. The van der Waals surface area contributed by atoms with Crippen LogP contribution in [0.1, 0.15) is 29.6 Å². The molecule has 1 aliphatic rings. The first-order chi connectivity index (χ1) is 13.0. The van der Waals surface area contributed by atoms with Gasteiger partial charge in [-0.15, -0.1) is 12.4 Å². The number of benzene rings is 1. The van der Waals surface area contributed by atoms with Gasteiger partial charge in [0, 0.05) is 24.2 Å². The Labute approximate surface area is 169 Å². The van der Waals surface area contributed by atoms with Crippen LogP contribution in [0.5, 0.6) is 11.5 Å². The van der Waals surface area contributed by atoms with Crippen molar-refractivity contribution in [1.82, 2.24) is 10.6 Å². The SMILES string of the molecule is Cl.O=C(NCC1CCCCN1)c1cc(OCC(F)(F)F)cc(OCC(F)(F)F)c1. The lowest BCUT2D eigenvalue weighted by atomic mass is 10.0. The van der Waals surface area contributed by atoms with Crippen molar-refractivity contribution < 1.29 is 40.6 Å². The quantitative estimate of drug-likeness (QED) is 0.619. The summed E-state index contributed by atoms with van der Waals surface area (Å²) in [5.74, 6) is -1.49. The summed E-state index contributed by atoms with van der Waals surface area (Å²) < 4.78 is 83.1. The van der Waals surface area contributed by atoms with Gasteiger partial charge in [-0.25, -0.2) is 0 Å². The second-order valence-electron chi connectivity index (χ2n) is 6.36. The van der Waals surface area contributed by atoms with Gasteiger partial charge in [-0.05, 0) is 31.5 Å². The summed E-state index contributed by atoms with van der Waals surface area (Å²) in [5, 5.41) is 5.82. The molecular formula is C17H21ClF6N2O3. The third kappa shape index (κ3) is 9.93. The summed E-state index contributed by atoms with van der Waals surface area (Å²) in [6.45, 7) is -2.20. The lowest BCUT2D eigenvalue weighted by Crippen LogP contribution is -2.43. The number of piperidine rings is 1. The molecular weight excluding hydrogens is 430 g/mol. The Balaban J connectivity index is 0.00000420.